The molecule has 1 aliphatic rings. The predicted molar refractivity (Wildman–Crippen MR) is 63.6 cm³/mol. The maximum Gasteiger partial charge on any atom is 0.0897 e. The van der Waals surface area contributed by atoms with E-state index in [2.05, 4.69) is 5.32 Å². The molecule has 0 saturated carbocycles. The predicted octanol–water partition coefficient (Wildman–Crippen LogP) is 0.931. The number of hydrogen-bond acceptors (Lipinski definition) is 4. The van der Waals surface area contributed by atoms with Crippen molar-refractivity contribution >= 4 is 0 Å². The molecule has 2 N–H and O–H groups in total. The molecule has 0 bridgehead atoms. The number of aliphatic hydroxyl groups is 1. The summed E-state index contributed by atoms with van der Waals surface area (Å²) < 4.78 is 11.0. The van der Waals surface area contributed by atoms with Gasteiger partial charge in [-0.2, -0.15) is 0 Å². The zero-order valence-corrected chi connectivity index (χ0v) is 10.7. The summed E-state index contributed by atoms with van der Waals surface area (Å²) in [6.07, 6.45) is 2.17. The van der Waals surface area contributed by atoms with E-state index >= 15 is 0 Å². The highest BCUT2D eigenvalue weighted by atomic mass is 16.5. The minimum atomic E-state index is -0.444. The Kier molecular flexibility index (Phi) is 5.69. The fourth-order valence-electron chi connectivity index (χ4n) is 1.62. The zero-order valence-electron chi connectivity index (χ0n) is 10.7. The summed E-state index contributed by atoms with van der Waals surface area (Å²) in [5.41, 5.74) is -0.185. The van der Waals surface area contributed by atoms with E-state index < -0.39 is 6.10 Å². The van der Waals surface area contributed by atoms with E-state index in [0.29, 0.717) is 19.3 Å². The molecule has 0 aliphatic carbocycles. The van der Waals surface area contributed by atoms with Gasteiger partial charge in [0.1, 0.15) is 0 Å². The zero-order chi connectivity index (χ0) is 12.0. The fraction of sp³-hybridized carbons (Fsp3) is 1.00. The molecule has 96 valence electrons. The van der Waals surface area contributed by atoms with Gasteiger partial charge in [0, 0.05) is 19.7 Å². The Bertz CT molecular complexity index is 185. The molecule has 0 aromatic carbocycles. The van der Waals surface area contributed by atoms with E-state index in [1.807, 2.05) is 20.8 Å². The van der Waals surface area contributed by atoms with Gasteiger partial charge in [-0.05, 0) is 33.6 Å². The van der Waals surface area contributed by atoms with Crippen molar-refractivity contribution in [3.05, 3.63) is 0 Å². The smallest absolute Gasteiger partial charge is 0.0897 e. The van der Waals surface area contributed by atoms with Crippen LogP contribution in [-0.4, -0.2) is 49.2 Å². The van der Waals surface area contributed by atoms with Crippen LogP contribution in [0.3, 0.4) is 0 Å². The van der Waals surface area contributed by atoms with Crippen molar-refractivity contribution in [1.29, 1.82) is 0 Å². The molecule has 2 atom stereocenters. The molecule has 0 spiro atoms. The second-order valence-electron chi connectivity index (χ2n) is 5.37. The van der Waals surface area contributed by atoms with Gasteiger partial charge < -0.3 is 19.9 Å². The second kappa shape index (κ2) is 6.55. The molecule has 0 aromatic rings. The highest BCUT2D eigenvalue weighted by Crippen LogP contribution is 2.10. The summed E-state index contributed by atoms with van der Waals surface area (Å²) >= 11 is 0. The average molecular weight is 231 g/mol. The van der Waals surface area contributed by atoms with E-state index in [9.17, 15) is 5.11 Å². The van der Waals surface area contributed by atoms with Crippen molar-refractivity contribution in [3.63, 3.8) is 0 Å². The molecular weight excluding hydrogens is 206 g/mol. The Labute approximate surface area is 98.3 Å². The van der Waals surface area contributed by atoms with Crippen molar-refractivity contribution in [2.24, 2.45) is 0 Å². The molecule has 4 nitrogen and oxygen atoms in total. The van der Waals surface area contributed by atoms with Crippen LogP contribution in [0.1, 0.15) is 33.6 Å². The van der Waals surface area contributed by atoms with E-state index in [-0.39, 0.29) is 5.60 Å². The van der Waals surface area contributed by atoms with Gasteiger partial charge in [-0.15, -0.1) is 0 Å². The minimum Gasteiger partial charge on any atom is -0.389 e. The lowest BCUT2D eigenvalue weighted by molar-refractivity contribution is -0.0483. The minimum absolute atomic E-state index is 0.185. The Morgan fingerprint density at radius 1 is 1.50 bits per heavy atom. The molecule has 0 radical (unpaired) electrons. The van der Waals surface area contributed by atoms with E-state index in [1.165, 1.54) is 0 Å². The summed E-state index contributed by atoms with van der Waals surface area (Å²) in [6, 6.07) is 0. The topological polar surface area (TPSA) is 50.7 Å². The maximum absolute atomic E-state index is 9.66. The van der Waals surface area contributed by atoms with E-state index in [1.54, 1.807) is 0 Å². The number of aliphatic hydroxyl groups excluding tert-OH is 1. The standard InChI is InChI=1S/C12H25NO3/c1-12(2,3)16-9-10(14)7-13-8-11-5-4-6-15-11/h10-11,13-14H,4-9H2,1-3H3. The Hall–Kier alpha value is -0.160. The number of nitrogens with one attached hydrogen (secondary N) is 1. The Morgan fingerprint density at radius 2 is 2.25 bits per heavy atom. The van der Waals surface area contributed by atoms with Gasteiger partial charge in [0.15, 0.2) is 0 Å². The van der Waals surface area contributed by atoms with Gasteiger partial charge >= 0.3 is 0 Å². The SMILES string of the molecule is CC(C)(C)OCC(O)CNCC1CCCO1. The van der Waals surface area contributed by atoms with E-state index in [0.717, 1.165) is 26.0 Å². The molecule has 0 amide bonds. The molecule has 1 rings (SSSR count). The lowest BCUT2D eigenvalue weighted by Crippen LogP contribution is -2.36. The van der Waals surface area contributed by atoms with Crippen molar-refractivity contribution < 1.29 is 14.6 Å². The van der Waals surface area contributed by atoms with Crippen molar-refractivity contribution in [1.82, 2.24) is 5.32 Å². The van der Waals surface area contributed by atoms with Gasteiger partial charge in [0.2, 0.25) is 0 Å². The first-order chi connectivity index (χ1) is 7.47. The highest BCUT2D eigenvalue weighted by Gasteiger charge is 2.16. The summed E-state index contributed by atoms with van der Waals surface area (Å²) in [6.45, 7) is 8.60. The van der Waals surface area contributed by atoms with Crippen LogP contribution in [0.15, 0.2) is 0 Å². The largest absolute Gasteiger partial charge is 0.389 e. The molecule has 1 aliphatic heterocycles. The van der Waals surface area contributed by atoms with Gasteiger partial charge in [0.05, 0.1) is 24.4 Å². The Balaban J connectivity index is 1.99. The maximum atomic E-state index is 9.66. The third kappa shape index (κ3) is 6.43. The summed E-state index contributed by atoms with van der Waals surface area (Å²) in [7, 11) is 0. The van der Waals surface area contributed by atoms with Gasteiger partial charge in [-0.1, -0.05) is 0 Å². The van der Waals surface area contributed by atoms with Crippen LogP contribution in [0.4, 0.5) is 0 Å². The van der Waals surface area contributed by atoms with Crippen LogP contribution < -0.4 is 5.32 Å². The first-order valence-electron chi connectivity index (χ1n) is 6.12. The molecule has 1 saturated heterocycles. The van der Waals surface area contributed by atoms with Crippen LogP contribution in [0.25, 0.3) is 0 Å². The molecule has 0 aromatic heterocycles. The fourth-order valence-corrected chi connectivity index (χ4v) is 1.62. The summed E-state index contributed by atoms with van der Waals surface area (Å²) in [5.74, 6) is 0. The van der Waals surface area contributed by atoms with Crippen molar-refractivity contribution in [3.8, 4) is 0 Å². The van der Waals surface area contributed by atoms with Crippen molar-refractivity contribution in [2.75, 3.05) is 26.3 Å². The molecular formula is C12H25NO3. The second-order valence-corrected chi connectivity index (χ2v) is 5.37. The number of ether oxygens (including phenoxy) is 2. The normalized spacial score (nSPS) is 23.6. The summed E-state index contributed by atoms with van der Waals surface area (Å²) in [4.78, 5) is 0. The monoisotopic (exact) mass is 231 g/mol. The molecule has 2 unspecified atom stereocenters. The van der Waals surface area contributed by atoms with Gasteiger partial charge in [-0.3, -0.25) is 0 Å². The van der Waals surface area contributed by atoms with Crippen LogP contribution in [0.2, 0.25) is 0 Å². The van der Waals surface area contributed by atoms with Crippen LogP contribution in [0.5, 0.6) is 0 Å². The van der Waals surface area contributed by atoms with Crippen LogP contribution >= 0.6 is 0 Å². The molecule has 16 heavy (non-hydrogen) atoms. The average Bonchev–Trinajstić information content (AvgIpc) is 2.66. The number of hydrogen-bond donors (Lipinski definition) is 2. The van der Waals surface area contributed by atoms with E-state index in [4.69, 9.17) is 9.47 Å². The first kappa shape index (κ1) is 13.9. The van der Waals surface area contributed by atoms with Gasteiger partial charge in [-0.25, -0.2) is 0 Å². The van der Waals surface area contributed by atoms with Crippen LogP contribution in [0, 0.1) is 0 Å². The lowest BCUT2D eigenvalue weighted by atomic mass is 10.2. The van der Waals surface area contributed by atoms with Gasteiger partial charge in [0.25, 0.3) is 0 Å². The Morgan fingerprint density at radius 3 is 2.81 bits per heavy atom. The van der Waals surface area contributed by atoms with Crippen molar-refractivity contribution in [2.45, 2.75) is 51.4 Å². The lowest BCUT2D eigenvalue weighted by Gasteiger charge is -2.22. The third-order valence-corrected chi connectivity index (χ3v) is 2.48. The summed E-state index contributed by atoms with van der Waals surface area (Å²) in [5, 5.41) is 12.9. The highest BCUT2D eigenvalue weighted by molar-refractivity contribution is 4.69. The first-order valence-corrected chi connectivity index (χ1v) is 6.12. The molecule has 1 heterocycles. The molecule has 4 heteroatoms. The quantitative estimate of drug-likeness (QED) is 0.714. The third-order valence-electron chi connectivity index (χ3n) is 2.48. The number of rotatable bonds is 6. The van der Waals surface area contributed by atoms with Crippen LogP contribution in [-0.2, 0) is 9.47 Å². The molecule has 1 fully saturated rings.